The number of amides is 1. The molecule has 0 bridgehead atoms. The molecule has 1 unspecified atom stereocenters. The highest BCUT2D eigenvalue weighted by Crippen LogP contribution is 2.23. The number of aromatic nitrogens is 4. The fourth-order valence-corrected chi connectivity index (χ4v) is 3.94. The fraction of sp³-hybridized carbons (Fsp3) is 0.182. The molecule has 3 aromatic heterocycles. The molecule has 0 aliphatic heterocycles. The Bertz CT molecular complexity index is 1380. The van der Waals surface area contributed by atoms with Crippen molar-refractivity contribution in [2.24, 2.45) is 0 Å². The van der Waals surface area contributed by atoms with Crippen molar-refractivity contribution in [3.63, 3.8) is 0 Å². The quantitative estimate of drug-likeness (QED) is 0.480. The number of nitrogens with one attached hydrogen (secondary N) is 1. The Hall–Kier alpha value is -3.66. The molecule has 4 rings (SSSR count). The maximum absolute atomic E-state index is 13.3. The summed E-state index contributed by atoms with van der Waals surface area (Å²) in [5, 5.41) is 7.86. The van der Waals surface area contributed by atoms with E-state index >= 15 is 0 Å². The predicted octanol–water partition coefficient (Wildman–Crippen LogP) is 3.24. The van der Waals surface area contributed by atoms with E-state index in [2.05, 4.69) is 20.4 Å². The number of carbonyl (C=O) groups excluding carboxylic acids is 1. The summed E-state index contributed by atoms with van der Waals surface area (Å²) in [5.41, 5.74) is 2.28. The van der Waals surface area contributed by atoms with Crippen LogP contribution < -0.4 is 5.32 Å². The first-order valence-electron chi connectivity index (χ1n) is 9.82. The third-order valence-electron chi connectivity index (χ3n) is 5.07. The SMILES string of the molecule is CCC(NC(=O)c1cncc2c1cnn2-c1ccc(F)cc1)c1ccc(S(C)(=O)=O)nc1. The van der Waals surface area contributed by atoms with Crippen molar-refractivity contribution in [2.45, 2.75) is 24.4 Å². The van der Waals surface area contributed by atoms with Crippen LogP contribution in [0.25, 0.3) is 16.6 Å². The van der Waals surface area contributed by atoms with Crippen LogP contribution >= 0.6 is 0 Å². The molecule has 1 atom stereocenters. The lowest BCUT2D eigenvalue weighted by Gasteiger charge is -2.17. The van der Waals surface area contributed by atoms with Crippen LogP contribution in [-0.4, -0.2) is 40.3 Å². The zero-order valence-electron chi connectivity index (χ0n) is 17.4. The number of benzene rings is 1. The summed E-state index contributed by atoms with van der Waals surface area (Å²) < 4.78 is 38.1. The first kappa shape index (κ1) is 21.6. The van der Waals surface area contributed by atoms with Gasteiger partial charge in [-0.2, -0.15) is 5.10 Å². The third-order valence-corrected chi connectivity index (χ3v) is 6.07. The van der Waals surface area contributed by atoms with E-state index in [1.165, 1.54) is 30.6 Å². The van der Waals surface area contributed by atoms with Crippen molar-refractivity contribution >= 4 is 26.6 Å². The van der Waals surface area contributed by atoms with Crippen molar-refractivity contribution in [3.8, 4) is 5.69 Å². The number of fused-ring (bicyclic) bond motifs is 1. The highest BCUT2D eigenvalue weighted by atomic mass is 32.2. The Morgan fingerprint density at radius 1 is 1.09 bits per heavy atom. The Morgan fingerprint density at radius 3 is 2.47 bits per heavy atom. The van der Waals surface area contributed by atoms with Gasteiger partial charge in [-0.25, -0.2) is 22.5 Å². The predicted molar refractivity (Wildman–Crippen MR) is 117 cm³/mol. The molecule has 1 aromatic carbocycles. The molecule has 1 amide bonds. The summed E-state index contributed by atoms with van der Waals surface area (Å²) >= 11 is 0. The highest BCUT2D eigenvalue weighted by molar-refractivity contribution is 7.90. The number of hydrogen-bond donors (Lipinski definition) is 1. The maximum Gasteiger partial charge on any atom is 0.254 e. The average Bonchev–Trinajstić information content (AvgIpc) is 3.21. The van der Waals surface area contributed by atoms with Gasteiger partial charge in [0.2, 0.25) is 0 Å². The van der Waals surface area contributed by atoms with E-state index in [0.29, 0.717) is 34.1 Å². The summed E-state index contributed by atoms with van der Waals surface area (Å²) in [6.45, 7) is 1.90. The van der Waals surface area contributed by atoms with Gasteiger partial charge in [0.15, 0.2) is 14.9 Å². The lowest BCUT2D eigenvalue weighted by Crippen LogP contribution is -2.28. The van der Waals surface area contributed by atoms with E-state index < -0.39 is 9.84 Å². The average molecular weight is 453 g/mol. The van der Waals surface area contributed by atoms with Crippen LogP contribution in [0.4, 0.5) is 4.39 Å². The fourth-order valence-electron chi connectivity index (χ4n) is 3.38. The van der Waals surface area contributed by atoms with Gasteiger partial charge in [0.1, 0.15) is 5.82 Å². The molecular weight excluding hydrogens is 433 g/mol. The van der Waals surface area contributed by atoms with E-state index in [0.717, 1.165) is 6.26 Å². The van der Waals surface area contributed by atoms with Crippen molar-refractivity contribution in [1.82, 2.24) is 25.1 Å². The lowest BCUT2D eigenvalue weighted by atomic mass is 10.1. The number of nitrogens with zero attached hydrogens (tertiary/aromatic N) is 4. The van der Waals surface area contributed by atoms with Gasteiger partial charge < -0.3 is 5.32 Å². The zero-order chi connectivity index (χ0) is 22.9. The van der Waals surface area contributed by atoms with Gasteiger partial charge in [-0.1, -0.05) is 13.0 Å². The van der Waals surface area contributed by atoms with Crippen molar-refractivity contribution in [2.75, 3.05) is 6.26 Å². The van der Waals surface area contributed by atoms with Gasteiger partial charge in [-0.05, 0) is 42.3 Å². The van der Waals surface area contributed by atoms with Crippen molar-refractivity contribution in [1.29, 1.82) is 0 Å². The van der Waals surface area contributed by atoms with E-state index in [1.807, 2.05) is 6.92 Å². The van der Waals surface area contributed by atoms with Crippen LogP contribution in [0.1, 0.15) is 35.3 Å². The number of rotatable bonds is 6. The van der Waals surface area contributed by atoms with E-state index in [4.69, 9.17) is 0 Å². The Morgan fingerprint density at radius 2 is 1.84 bits per heavy atom. The monoisotopic (exact) mass is 453 g/mol. The van der Waals surface area contributed by atoms with E-state index in [9.17, 15) is 17.6 Å². The third kappa shape index (κ3) is 4.22. The van der Waals surface area contributed by atoms with Crippen LogP contribution in [0, 0.1) is 5.82 Å². The Balaban J connectivity index is 1.62. The molecule has 4 aromatic rings. The Kier molecular flexibility index (Phi) is 5.70. The molecule has 10 heteroatoms. The van der Waals surface area contributed by atoms with Gasteiger partial charge in [0.25, 0.3) is 5.91 Å². The van der Waals surface area contributed by atoms with Crippen LogP contribution in [0.15, 0.2) is 66.2 Å². The number of halogens is 1. The van der Waals surface area contributed by atoms with Crippen molar-refractivity contribution < 1.29 is 17.6 Å². The van der Waals surface area contributed by atoms with Crippen LogP contribution in [-0.2, 0) is 9.84 Å². The molecule has 0 fully saturated rings. The lowest BCUT2D eigenvalue weighted by molar-refractivity contribution is 0.0937. The second-order valence-electron chi connectivity index (χ2n) is 7.29. The van der Waals surface area contributed by atoms with Crippen LogP contribution in [0.5, 0.6) is 0 Å². The minimum absolute atomic E-state index is 0.0235. The number of hydrogen-bond acceptors (Lipinski definition) is 6. The van der Waals surface area contributed by atoms with Crippen LogP contribution in [0.2, 0.25) is 0 Å². The molecule has 0 radical (unpaired) electrons. The number of sulfone groups is 1. The minimum atomic E-state index is -3.40. The second kappa shape index (κ2) is 8.46. The van der Waals surface area contributed by atoms with E-state index in [-0.39, 0.29) is 22.8 Å². The van der Waals surface area contributed by atoms with Crippen LogP contribution in [0.3, 0.4) is 0 Å². The molecule has 0 spiro atoms. The first-order chi connectivity index (χ1) is 15.3. The number of carbonyl (C=O) groups is 1. The molecular formula is C22H20FN5O3S. The molecule has 0 saturated carbocycles. The normalized spacial score (nSPS) is 12.6. The summed E-state index contributed by atoms with van der Waals surface area (Å²) in [5.74, 6) is -0.700. The molecule has 0 aliphatic rings. The van der Waals surface area contributed by atoms with Gasteiger partial charge in [-0.3, -0.25) is 9.78 Å². The first-order valence-corrected chi connectivity index (χ1v) is 11.7. The summed E-state index contributed by atoms with van der Waals surface area (Å²) in [4.78, 5) is 21.2. The molecule has 3 heterocycles. The second-order valence-corrected chi connectivity index (χ2v) is 9.25. The smallest absolute Gasteiger partial charge is 0.254 e. The molecule has 0 aliphatic carbocycles. The Labute approximate surface area is 184 Å². The van der Waals surface area contributed by atoms with Gasteiger partial charge in [-0.15, -0.1) is 0 Å². The largest absolute Gasteiger partial charge is 0.345 e. The van der Waals surface area contributed by atoms with Gasteiger partial charge >= 0.3 is 0 Å². The minimum Gasteiger partial charge on any atom is -0.345 e. The molecule has 164 valence electrons. The van der Waals surface area contributed by atoms with Crippen molar-refractivity contribution in [3.05, 3.63) is 78.1 Å². The maximum atomic E-state index is 13.3. The molecule has 1 N–H and O–H groups in total. The molecule has 8 nitrogen and oxygen atoms in total. The topological polar surface area (TPSA) is 107 Å². The summed E-state index contributed by atoms with van der Waals surface area (Å²) in [6, 6.07) is 8.55. The highest BCUT2D eigenvalue weighted by Gasteiger charge is 2.19. The standard InChI is InChI=1S/C22H20FN5O3S/c1-3-19(14-4-9-21(25-10-14)32(2,30)31)27-22(29)18-11-24-13-20-17(18)12-26-28(20)16-7-5-15(23)6-8-16/h4-13,19H,3H2,1-2H3,(H,27,29). The summed E-state index contributed by atoms with van der Waals surface area (Å²) in [7, 11) is -3.40. The molecule has 32 heavy (non-hydrogen) atoms. The zero-order valence-corrected chi connectivity index (χ0v) is 18.2. The summed E-state index contributed by atoms with van der Waals surface area (Å²) in [6.07, 6.45) is 7.74. The van der Waals surface area contributed by atoms with E-state index in [1.54, 1.807) is 35.3 Å². The van der Waals surface area contributed by atoms with Gasteiger partial charge in [0.05, 0.1) is 35.2 Å². The van der Waals surface area contributed by atoms with Gasteiger partial charge in [0, 0.05) is 24.0 Å². The number of pyridine rings is 2. The molecule has 0 saturated heterocycles.